The van der Waals surface area contributed by atoms with Crippen molar-refractivity contribution < 1.29 is 9.53 Å². The number of carbonyl (C=O) groups is 1. The fourth-order valence-corrected chi connectivity index (χ4v) is 3.07. The zero-order chi connectivity index (χ0) is 16.8. The maximum Gasteiger partial charge on any atom is 0.408 e. The van der Waals surface area contributed by atoms with Crippen LogP contribution >= 0.6 is 0 Å². The molecule has 1 N–H and O–H groups in total. The minimum absolute atomic E-state index is 0.0679. The molecule has 0 unspecified atom stereocenters. The van der Waals surface area contributed by atoms with Crippen LogP contribution < -0.4 is 5.32 Å². The molecule has 3 heteroatoms. The van der Waals surface area contributed by atoms with E-state index < -0.39 is 0 Å². The maximum absolute atomic E-state index is 12.2. The second kappa shape index (κ2) is 7.82. The van der Waals surface area contributed by atoms with E-state index in [1.54, 1.807) is 0 Å². The van der Waals surface area contributed by atoms with Crippen molar-refractivity contribution in [3.8, 4) is 0 Å². The summed E-state index contributed by atoms with van der Waals surface area (Å²) in [6.07, 6.45) is 4.62. The molecule has 0 spiro atoms. The largest absolute Gasteiger partial charge is 0.442 e. The van der Waals surface area contributed by atoms with Crippen LogP contribution in [0.2, 0.25) is 0 Å². The second-order valence-electron chi connectivity index (χ2n) is 6.19. The Balaban J connectivity index is 1.60. The van der Waals surface area contributed by atoms with E-state index in [0.29, 0.717) is 0 Å². The molecule has 1 fully saturated rings. The highest BCUT2D eigenvalue weighted by molar-refractivity contribution is 5.69. The van der Waals surface area contributed by atoms with Crippen molar-refractivity contribution in [2.24, 2.45) is 0 Å². The van der Waals surface area contributed by atoms with Gasteiger partial charge >= 0.3 is 6.09 Å². The van der Waals surface area contributed by atoms with Crippen molar-refractivity contribution in [3.63, 3.8) is 0 Å². The lowest BCUT2D eigenvalue weighted by atomic mass is 10.1. The Labute approximate surface area is 143 Å². The average molecular weight is 321 g/mol. The van der Waals surface area contributed by atoms with Crippen LogP contribution in [-0.4, -0.2) is 12.2 Å². The first-order chi connectivity index (χ1) is 11.7. The number of benzene rings is 2. The highest BCUT2D eigenvalue weighted by Crippen LogP contribution is 2.29. The van der Waals surface area contributed by atoms with Crippen LogP contribution in [0.4, 0.5) is 4.79 Å². The Morgan fingerprint density at radius 1 is 1.12 bits per heavy atom. The molecule has 0 aromatic heterocycles. The number of ether oxygens (including phenoxy) is 1. The first-order valence-electron chi connectivity index (χ1n) is 8.50. The van der Waals surface area contributed by atoms with Crippen LogP contribution in [-0.2, 0) is 4.74 Å². The molecule has 0 saturated heterocycles. The molecule has 1 amide bonds. The third kappa shape index (κ3) is 4.25. The van der Waals surface area contributed by atoms with Crippen LogP contribution in [0.3, 0.4) is 0 Å². The summed E-state index contributed by atoms with van der Waals surface area (Å²) in [4.78, 5) is 12.2. The fraction of sp³-hybridized carbons (Fsp3) is 0.286. The number of amides is 1. The fourth-order valence-electron chi connectivity index (χ4n) is 3.07. The van der Waals surface area contributed by atoms with Gasteiger partial charge in [-0.25, -0.2) is 4.79 Å². The third-order valence-electron chi connectivity index (χ3n) is 4.38. The van der Waals surface area contributed by atoms with Gasteiger partial charge in [-0.1, -0.05) is 66.7 Å². The number of rotatable bonds is 4. The van der Waals surface area contributed by atoms with Gasteiger partial charge < -0.3 is 10.1 Å². The molecule has 2 aromatic rings. The normalized spacial score (nSPS) is 19.9. The summed E-state index contributed by atoms with van der Waals surface area (Å²) in [6.45, 7) is 1.96. The summed E-state index contributed by atoms with van der Waals surface area (Å²) in [5, 5.41) is 2.92. The van der Waals surface area contributed by atoms with Gasteiger partial charge in [0.25, 0.3) is 0 Å². The molecule has 0 bridgehead atoms. The molecule has 1 saturated carbocycles. The van der Waals surface area contributed by atoms with Crippen LogP contribution in [0.5, 0.6) is 0 Å². The zero-order valence-corrected chi connectivity index (χ0v) is 13.9. The number of hydrogen-bond acceptors (Lipinski definition) is 2. The summed E-state index contributed by atoms with van der Waals surface area (Å²) >= 11 is 0. The Hall–Kier alpha value is -2.55. The summed E-state index contributed by atoms with van der Waals surface area (Å²) in [7, 11) is 0. The van der Waals surface area contributed by atoms with Gasteiger partial charge in [-0.15, -0.1) is 0 Å². The Morgan fingerprint density at radius 2 is 1.79 bits per heavy atom. The highest BCUT2D eigenvalue weighted by atomic mass is 16.6. The van der Waals surface area contributed by atoms with Gasteiger partial charge in [-0.3, -0.25) is 0 Å². The first kappa shape index (κ1) is 16.3. The molecule has 1 aliphatic carbocycles. The highest BCUT2D eigenvalue weighted by Gasteiger charge is 2.25. The van der Waals surface area contributed by atoms with E-state index in [-0.39, 0.29) is 18.2 Å². The van der Waals surface area contributed by atoms with Crippen LogP contribution in [0.25, 0.3) is 6.08 Å². The quantitative estimate of drug-likeness (QED) is 0.850. The third-order valence-corrected chi connectivity index (χ3v) is 4.38. The van der Waals surface area contributed by atoms with Gasteiger partial charge in [-0.05, 0) is 42.9 Å². The van der Waals surface area contributed by atoms with Crippen molar-refractivity contribution in [3.05, 3.63) is 77.4 Å². The molecule has 3 rings (SSSR count). The van der Waals surface area contributed by atoms with E-state index in [2.05, 4.69) is 23.5 Å². The first-order valence-corrected chi connectivity index (χ1v) is 8.50. The topological polar surface area (TPSA) is 38.3 Å². The lowest BCUT2D eigenvalue weighted by molar-refractivity contribution is 0.114. The summed E-state index contributed by atoms with van der Waals surface area (Å²) in [6, 6.07) is 20.0. The van der Waals surface area contributed by atoms with Gasteiger partial charge in [0, 0.05) is 0 Å². The number of nitrogens with one attached hydrogen (secondary N) is 1. The van der Waals surface area contributed by atoms with Gasteiger partial charge in [-0.2, -0.15) is 0 Å². The maximum atomic E-state index is 12.2. The summed E-state index contributed by atoms with van der Waals surface area (Å²) < 4.78 is 5.67. The van der Waals surface area contributed by atoms with Crippen molar-refractivity contribution in [1.82, 2.24) is 5.32 Å². The minimum atomic E-state index is -0.350. The molecule has 124 valence electrons. The molecule has 24 heavy (non-hydrogen) atoms. The lowest BCUT2D eigenvalue weighted by Crippen LogP contribution is -2.30. The molecule has 2 atom stereocenters. The van der Waals surface area contributed by atoms with E-state index in [1.165, 1.54) is 5.57 Å². The number of carbonyl (C=O) groups excluding carboxylic acids is 1. The van der Waals surface area contributed by atoms with Crippen molar-refractivity contribution in [2.75, 3.05) is 0 Å². The summed E-state index contributed by atoms with van der Waals surface area (Å²) in [5.74, 6) is 0. The predicted octanol–water partition coefficient (Wildman–Crippen LogP) is 5.11. The molecule has 1 aliphatic rings. The molecule has 0 heterocycles. The smallest absolute Gasteiger partial charge is 0.408 e. The van der Waals surface area contributed by atoms with Crippen LogP contribution in [0, 0.1) is 0 Å². The van der Waals surface area contributed by atoms with Crippen molar-refractivity contribution >= 4 is 12.2 Å². The Bertz CT molecular complexity index is 694. The monoisotopic (exact) mass is 321 g/mol. The number of alkyl carbamates (subject to hydrolysis) is 1. The Kier molecular flexibility index (Phi) is 5.32. The predicted molar refractivity (Wildman–Crippen MR) is 96.5 cm³/mol. The molecule has 3 nitrogen and oxygen atoms in total. The Morgan fingerprint density at radius 3 is 2.50 bits per heavy atom. The minimum Gasteiger partial charge on any atom is -0.442 e. The van der Waals surface area contributed by atoms with Crippen molar-refractivity contribution in [1.29, 1.82) is 0 Å². The summed E-state index contributed by atoms with van der Waals surface area (Å²) in [5.41, 5.74) is 3.42. The van der Waals surface area contributed by atoms with Crippen LogP contribution in [0.15, 0.2) is 66.2 Å². The molecular formula is C21H23NO2. The zero-order valence-electron chi connectivity index (χ0n) is 13.9. The number of hydrogen-bond donors (Lipinski definition) is 1. The van der Waals surface area contributed by atoms with Crippen molar-refractivity contribution in [2.45, 2.75) is 38.3 Å². The van der Waals surface area contributed by atoms with Gasteiger partial charge in [0.15, 0.2) is 0 Å². The molecule has 0 aliphatic heterocycles. The second-order valence-corrected chi connectivity index (χ2v) is 6.19. The van der Waals surface area contributed by atoms with Gasteiger partial charge in [0.1, 0.15) is 6.10 Å². The molecule has 0 radical (unpaired) electrons. The molecule has 2 aromatic carbocycles. The standard InChI is InChI=1S/C21H23NO2/c1-16(18-11-6-3-7-12-18)22-21(23)24-20-14-8-13-19(20)15-17-9-4-2-5-10-17/h2-7,9-12,15-16,20H,8,13-14H2,1H3,(H,22,23)/b19-15+/t16-,20+/m0/s1. The van der Waals surface area contributed by atoms with E-state index in [1.807, 2.05) is 55.5 Å². The van der Waals surface area contributed by atoms with E-state index in [0.717, 1.165) is 30.4 Å². The SMILES string of the molecule is C[C@H](NC(=O)O[C@@H]1CCC/C1=C\c1ccccc1)c1ccccc1. The van der Waals surface area contributed by atoms with Crippen LogP contribution in [0.1, 0.15) is 43.4 Å². The van der Waals surface area contributed by atoms with Gasteiger partial charge in [0.2, 0.25) is 0 Å². The van der Waals surface area contributed by atoms with E-state index in [4.69, 9.17) is 4.74 Å². The lowest BCUT2D eigenvalue weighted by Gasteiger charge is -2.18. The average Bonchev–Trinajstić information content (AvgIpc) is 3.03. The van der Waals surface area contributed by atoms with Gasteiger partial charge in [0.05, 0.1) is 6.04 Å². The van der Waals surface area contributed by atoms with E-state index in [9.17, 15) is 4.79 Å². The molecular weight excluding hydrogens is 298 g/mol. The van der Waals surface area contributed by atoms with E-state index >= 15 is 0 Å².